The van der Waals surface area contributed by atoms with E-state index in [-0.39, 0.29) is 25.3 Å². The molecule has 2 aliphatic heterocycles. The fraction of sp³-hybridized carbons (Fsp3) is 0.375. The minimum Gasteiger partial charge on any atom is -0.480 e. The van der Waals surface area contributed by atoms with Crippen LogP contribution in [0.4, 0.5) is 4.39 Å². The largest absolute Gasteiger partial charge is 0.480 e. The molecule has 1 amide bonds. The van der Waals surface area contributed by atoms with Crippen molar-refractivity contribution in [3.8, 4) is 0 Å². The number of nitrogens with one attached hydrogen (secondary N) is 2. The topological polar surface area (TPSA) is 142 Å². The first-order valence-electron chi connectivity index (χ1n) is 11.7. The van der Waals surface area contributed by atoms with Gasteiger partial charge < -0.3 is 25.2 Å². The molecular weight excluding hydrogens is 585 g/mol. The van der Waals surface area contributed by atoms with Crippen molar-refractivity contribution in [2.24, 2.45) is 4.99 Å². The van der Waals surface area contributed by atoms with E-state index in [4.69, 9.17) is 19.6 Å². The molecule has 38 heavy (non-hydrogen) atoms. The second-order valence-corrected chi connectivity index (χ2v) is 10.0. The Labute approximate surface area is 229 Å². The number of halogens is 2. The third-order valence-electron chi connectivity index (χ3n) is 5.83. The number of thiazole rings is 1. The molecule has 0 aliphatic carbocycles. The van der Waals surface area contributed by atoms with E-state index in [2.05, 4.69) is 31.5 Å². The van der Waals surface area contributed by atoms with Gasteiger partial charge in [0.1, 0.15) is 24.4 Å². The summed E-state index contributed by atoms with van der Waals surface area (Å²) in [5.41, 5.74) is 1.18. The number of carbonyl (C=O) groups excluding carboxylic acids is 2. The minimum atomic E-state index is -1.17. The molecule has 0 radical (unpaired) electrons. The number of hydrogen-bond donors (Lipinski definition) is 3. The fourth-order valence-electron chi connectivity index (χ4n) is 4.12. The van der Waals surface area contributed by atoms with E-state index < -0.39 is 42.3 Å². The molecule has 2 aliphatic rings. The van der Waals surface area contributed by atoms with Gasteiger partial charge in [-0.05, 0) is 24.6 Å². The van der Waals surface area contributed by atoms with E-state index in [9.17, 15) is 18.8 Å². The Balaban J connectivity index is 1.77. The number of hydrogen-bond acceptors (Lipinski definition) is 10. The van der Waals surface area contributed by atoms with Crippen LogP contribution in [-0.2, 0) is 23.9 Å². The zero-order valence-corrected chi connectivity index (χ0v) is 22.7. The maximum absolute atomic E-state index is 13.9. The molecule has 2 atom stereocenters. The van der Waals surface area contributed by atoms with Crippen molar-refractivity contribution >= 4 is 50.9 Å². The number of ether oxygens (including phenoxy) is 2. The molecule has 0 saturated carbocycles. The molecule has 11 nitrogen and oxygen atoms in total. The third-order valence-corrected chi connectivity index (χ3v) is 7.30. The summed E-state index contributed by atoms with van der Waals surface area (Å²) in [4.78, 5) is 48.0. The maximum atomic E-state index is 13.9. The highest BCUT2D eigenvalue weighted by atomic mass is 79.9. The lowest BCUT2D eigenvalue weighted by molar-refractivity contribution is -0.140. The maximum Gasteiger partial charge on any atom is 0.338 e. The first kappa shape index (κ1) is 27.8. The molecule has 3 heterocycles. The van der Waals surface area contributed by atoms with Gasteiger partial charge in [-0.25, -0.2) is 14.2 Å². The van der Waals surface area contributed by atoms with Crippen molar-refractivity contribution in [3.05, 3.63) is 61.9 Å². The number of amidine groups is 1. The summed E-state index contributed by atoms with van der Waals surface area (Å²) in [6.45, 7) is 2.11. The number of aliphatic imine (C=N–C) groups is 1. The molecule has 2 aromatic rings. The standard InChI is InChI=1S/C24H25BrFN5O6S/c1-2-37-24(35)19-16(11-31-6-7-36-12-17(31)22(34)28-10-18(32)33)29-21(23-27-5-8-38-23)30-20(19)14-4-3-13(26)9-15(14)25/h3-5,8-9,17,20H,2,6-7,10-12H2,1H3,(H,28,34)(H,29,30)(H,32,33). The van der Waals surface area contributed by atoms with E-state index in [0.717, 1.165) is 0 Å². The summed E-state index contributed by atoms with van der Waals surface area (Å²) in [6, 6.07) is 2.47. The molecule has 14 heteroatoms. The predicted molar refractivity (Wildman–Crippen MR) is 139 cm³/mol. The van der Waals surface area contributed by atoms with Gasteiger partial charge in [0.05, 0.1) is 25.4 Å². The van der Waals surface area contributed by atoms with Gasteiger partial charge in [-0.2, -0.15) is 0 Å². The lowest BCUT2D eigenvalue weighted by atomic mass is 9.95. The highest BCUT2D eigenvalue weighted by molar-refractivity contribution is 9.10. The smallest absolute Gasteiger partial charge is 0.338 e. The molecule has 0 spiro atoms. The first-order valence-corrected chi connectivity index (χ1v) is 13.4. The van der Waals surface area contributed by atoms with Crippen molar-refractivity contribution in [3.63, 3.8) is 0 Å². The van der Waals surface area contributed by atoms with Crippen LogP contribution in [0.5, 0.6) is 0 Å². The van der Waals surface area contributed by atoms with Crippen LogP contribution < -0.4 is 10.6 Å². The average molecular weight is 610 g/mol. The van der Waals surface area contributed by atoms with Crippen molar-refractivity contribution < 1.29 is 33.4 Å². The van der Waals surface area contributed by atoms with Gasteiger partial charge in [0.2, 0.25) is 5.91 Å². The zero-order chi connectivity index (χ0) is 27.2. The molecule has 1 fully saturated rings. The van der Waals surface area contributed by atoms with Crippen LogP contribution in [0.3, 0.4) is 0 Å². The van der Waals surface area contributed by atoms with Gasteiger partial charge in [0.25, 0.3) is 0 Å². The summed E-state index contributed by atoms with van der Waals surface area (Å²) < 4.78 is 25.2. The number of carboxylic acids is 1. The molecule has 1 aromatic heterocycles. The monoisotopic (exact) mass is 609 g/mol. The Morgan fingerprint density at radius 2 is 2.21 bits per heavy atom. The summed E-state index contributed by atoms with van der Waals surface area (Å²) in [7, 11) is 0. The van der Waals surface area contributed by atoms with Gasteiger partial charge in [-0.3, -0.25) is 19.5 Å². The number of esters is 1. The lowest BCUT2D eigenvalue weighted by Gasteiger charge is -2.36. The van der Waals surface area contributed by atoms with Gasteiger partial charge in [-0.1, -0.05) is 22.0 Å². The number of benzene rings is 1. The number of rotatable bonds is 9. The van der Waals surface area contributed by atoms with Crippen LogP contribution in [0.25, 0.3) is 0 Å². The van der Waals surface area contributed by atoms with E-state index >= 15 is 0 Å². The van der Waals surface area contributed by atoms with E-state index in [0.29, 0.717) is 39.7 Å². The normalized spacial score (nSPS) is 19.9. The van der Waals surface area contributed by atoms with E-state index in [1.165, 1.54) is 23.5 Å². The second-order valence-electron chi connectivity index (χ2n) is 8.29. The number of carboxylic acid groups (broad SMARTS) is 1. The van der Waals surface area contributed by atoms with E-state index in [1.807, 2.05) is 0 Å². The Morgan fingerprint density at radius 3 is 2.89 bits per heavy atom. The Kier molecular flexibility index (Phi) is 9.20. The van der Waals surface area contributed by atoms with Crippen molar-refractivity contribution in [1.82, 2.24) is 20.5 Å². The number of carbonyl (C=O) groups is 3. The number of amides is 1. The molecule has 202 valence electrons. The number of morpholine rings is 1. The van der Waals surface area contributed by atoms with Crippen molar-refractivity contribution in [2.45, 2.75) is 19.0 Å². The second kappa shape index (κ2) is 12.6. The van der Waals surface area contributed by atoms with Gasteiger partial charge in [-0.15, -0.1) is 11.3 Å². The van der Waals surface area contributed by atoms with Gasteiger partial charge in [0.15, 0.2) is 10.8 Å². The Hall–Kier alpha value is -3.20. The molecule has 1 saturated heterocycles. The van der Waals surface area contributed by atoms with Crippen molar-refractivity contribution in [1.29, 1.82) is 0 Å². The van der Waals surface area contributed by atoms with Crippen LogP contribution in [0.2, 0.25) is 0 Å². The summed E-state index contributed by atoms with van der Waals surface area (Å²) in [5, 5.41) is 16.9. The number of aromatic nitrogens is 1. The first-order chi connectivity index (χ1) is 18.3. The van der Waals surface area contributed by atoms with E-state index in [1.54, 1.807) is 29.5 Å². The van der Waals surface area contributed by atoms with Crippen LogP contribution in [0.1, 0.15) is 23.5 Å². The zero-order valence-electron chi connectivity index (χ0n) is 20.3. The van der Waals surface area contributed by atoms with Gasteiger partial charge >= 0.3 is 11.9 Å². The average Bonchev–Trinajstić information content (AvgIpc) is 3.42. The van der Waals surface area contributed by atoms with Crippen molar-refractivity contribution in [2.75, 3.05) is 39.5 Å². The molecule has 3 N–H and O–H groups in total. The Morgan fingerprint density at radius 1 is 1.39 bits per heavy atom. The summed E-state index contributed by atoms with van der Waals surface area (Å²) in [5.74, 6) is -2.33. The summed E-state index contributed by atoms with van der Waals surface area (Å²) in [6.07, 6.45) is 1.63. The SMILES string of the molecule is CCOC(=O)C1=C(CN2CCOCC2C(=O)NCC(=O)O)NC(c2nccs2)=NC1c1ccc(F)cc1Br. The quantitative estimate of drug-likeness (QED) is 0.363. The third kappa shape index (κ3) is 6.43. The van der Waals surface area contributed by atoms with Crippen LogP contribution in [-0.4, -0.2) is 84.2 Å². The lowest BCUT2D eigenvalue weighted by Crippen LogP contribution is -2.55. The predicted octanol–water partition coefficient (Wildman–Crippen LogP) is 1.85. The molecular formula is C24H25BrFN5O6S. The molecule has 4 rings (SSSR count). The van der Waals surface area contributed by atoms with Gasteiger partial charge in [0, 0.05) is 34.8 Å². The molecule has 1 aromatic carbocycles. The number of aliphatic carboxylic acids is 1. The molecule has 0 bridgehead atoms. The molecule has 2 unspecified atom stereocenters. The fourth-order valence-corrected chi connectivity index (χ4v) is 5.27. The number of nitrogens with zero attached hydrogens (tertiary/aromatic N) is 3. The Bertz CT molecular complexity index is 1270. The van der Waals surface area contributed by atoms with Crippen LogP contribution >= 0.6 is 27.3 Å². The summed E-state index contributed by atoms with van der Waals surface area (Å²) >= 11 is 4.75. The minimum absolute atomic E-state index is 0.0494. The highest BCUT2D eigenvalue weighted by Gasteiger charge is 2.37. The highest BCUT2D eigenvalue weighted by Crippen LogP contribution is 2.37. The van der Waals surface area contributed by atoms with Crippen LogP contribution in [0, 0.1) is 5.82 Å². The van der Waals surface area contributed by atoms with Crippen LogP contribution in [0.15, 0.2) is 50.5 Å².